The summed E-state index contributed by atoms with van der Waals surface area (Å²) in [5.41, 5.74) is 1.38. The third-order valence-corrected chi connectivity index (χ3v) is 3.97. The summed E-state index contributed by atoms with van der Waals surface area (Å²) in [6.45, 7) is 0. The highest BCUT2D eigenvalue weighted by atomic mass is 127. The molecular weight excluding hydrogens is 331 g/mol. The third-order valence-electron chi connectivity index (χ3n) is 1.40. The predicted octanol–water partition coefficient (Wildman–Crippen LogP) is 3.18. The van der Waals surface area contributed by atoms with Gasteiger partial charge < -0.3 is 0 Å². The van der Waals surface area contributed by atoms with Crippen LogP contribution < -0.4 is 0 Å². The summed E-state index contributed by atoms with van der Waals surface area (Å²) in [5.74, 6) is 0. The molecule has 0 amide bonds. The van der Waals surface area contributed by atoms with E-state index in [9.17, 15) is 0 Å². The van der Waals surface area contributed by atoms with Crippen molar-refractivity contribution >= 4 is 48.8 Å². The van der Waals surface area contributed by atoms with Crippen LogP contribution in [-0.4, -0.2) is 10.2 Å². The van der Waals surface area contributed by atoms with Crippen LogP contribution in [0.3, 0.4) is 0 Å². The molecule has 0 saturated carbocycles. The zero-order chi connectivity index (χ0) is 8.27. The standard InChI is InChI=1S/C8H7BrISi/c9-7-2-1-6(3-4-11)5-8(7)10/h1-2,5H,3-4H2. The van der Waals surface area contributed by atoms with Gasteiger partial charge in [0.1, 0.15) is 0 Å². The molecule has 0 heterocycles. The normalized spacial score (nSPS) is 10.1. The van der Waals surface area contributed by atoms with Gasteiger partial charge in [-0.2, -0.15) is 0 Å². The molecule has 57 valence electrons. The second-order valence-electron chi connectivity index (χ2n) is 2.25. The summed E-state index contributed by atoms with van der Waals surface area (Å²) in [5, 5.41) is 0. The van der Waals surface area contributed by atoms with E-state index < -0.39 is 0 Å². The molecule has 0 fully saturated rings. The Bertz CT molecular complexity index is 250. The minimum absolute atomic E-state index is 1.03. The van der Waals surface area contributed by atoms with E-state index in [1.807, 2.05) is 0 Å². The van der Waals surface area contributed by atoms with E-state index in [1.165, 1.54) is 13.6 Å². The van der Waals surface area contributed by atoms with Crippen LogP contribution in [0.1, 0.15) is 5.56 Å². The van der Waals surface area contributed by atoms with Gasteiger partial charge in [-0.25, -0.2) is 0 Å². The maximum Gasteiger partial charge on any atom is 0.0309 e. The van der Waals surface area contributed by atoms with Gasteiger partial charge in [-0.15, -0.1) is 0 Å². The van der Waals surface area contributed by atoms with Gasteiger partial charge in [0.15, 0.2) is 0 Å². The van der Waals surface area contributed by atoms with Crippen molar-refractivity contribution in [2.45, 2.75) is 12.5 Å². The van der Waals surface area contributed by atoms with Crippen LogP contribution in [0.2, 0.25) is 6.04 Å². The quantitative estimate of drug-likeness (QED) is 0.574. The van der Waals surface area contributed by atoms with Gasteiger partial charge in [0.2, 0.25) is 0 Å². The number of aryl methyl sites for hydroxylation is 1. The molecule has 0 atom stereocenters. The molecule has 0 bridgehead atoms. The maximum absolute atomic E-state index is 3.46. The van der Waals surface area contributed by atoms with E-state index in [2.05, 4.69) is 67.0 Å². The van der Waals surface area contributed by atoms with Crippen molar-refractivity contribution in [2.75, 3.05) is 0 Å². The number of hydrogen-bond donors (Lipinski definition) is 0. The van der Waals surface area contributed by atoms with Crippen LogP contribution in [0.4, 0.5) is 0 Å². The lowest BCUT2D eigenvalue weighted by atomic mass is 10.2. The van der Waals surface area contributed by atoms with Crippen LogP contribution in [0, 0.1) is 3.57 Å². The van der Waals surface area contributed by atoms with E-state index in [0.29, 0.717) is 0 Å². The molecule has 1 rings (SSSR count). The number of halogens is 2. The lowest BCUT2D eigenvalue weighted by Crippen LogP contribution is -1.85. The van der Waals surface area contributed by atoms with Crippen molar-refractivity contribution in [1.82, 2.24) is 0 Å². The van der Waals surface area contributed by atoms with Crippen molar-refractivity contribution in [1.29, 1.82) is 0 Å². The van der Waals surface area contributed by atoms with Gasteiger partial charge in [0, 0.05) is 18.3 Å². The second kappa shape index (κ2) is 4.62. The Morgan fingerprint density at radius 1 is 1.45 bits per heavy atom. The molecule has 0 aliphatic rings. The second-order valence-corrected chi connectivity index (χ2v) is 4.76. The fourth-order valence-electron chi connectivity index (χ4n) is 0.839. The van der Waals surface area contributed by atoms with Crippen molar-refractivity contribution in [3.8, 4) is 0 Å². The molecule has 0 nitrogen and oxygen atoms in total. The van der Waals surface area contributed by atoms with Gasteiger partial charge in [0.25, 0.3) is 0 Å². The van der Waals surface area contributed by atoms with Crippen molar-refractivity contribution in [3.05, 3.63) is 31.8 Å². The SMILES string of the molecule is [Si]CCc1ccc(Br)c(I)c1. The fourth-order valence-corrected chi connectivity index (χ4v) is 1.95. The number of benzene rings is 1. The molecule has 0 aliphatic carbocycles. The largest absolute Gasteiger partial charge is 0.0597 e. The van der Waals surface area contributed by atoms with Gasteiger partial charge in [-0.1, -0.05) is 12.1 Å². The van der Waals surface area contributed by atoms with Gasteiger partial charge in [0.05, 0.1) is 0 Å². The maximum atomic E-state index is 3.46. The first kappa shape index (κ1) is 9.73. The first-order valence-corrected chi connectivity index (χ1v) is 5.90. The molecule has 11 heavy (non-hydrogen) atoms. The lowest BCUT2D eigenvalue weighted by Gasteiger charge is -2.00. The Labute approximate surface area is 92.5 Å². The number of rotatable bonds is 2. The Hall–Kier alpha value is 0.647. The Balaban J connectivity index is 2.86. The summed E-state index contributed by atoms with van der Waals surface area (Å²) < 4.78 is 2.45. The zero-order valence-corrected chi connectivity index (χ0v) is 10.6. The molecule has 0 spiro atoms. The lowest BCUT2D eigenvalue weighted by molar-refractivity contribution is 1.13. The van der Waals surface area contributed by atoms with Crippen LogP contribution in [0.5, 0.6) is 0 Å². The molecule has 0 N–H and O–H groups in total. The summed E-state index contributed by atoms with van der Waals surface area (Å²) in [6.07, 6.45) is 1.10. The van der Waals surface area contributed by atoms with Gasteiger partial charge >= 0.3 is 0 Å². The third kappa shape index (κ3) is 2.87. The van der Waals surface area contributed by atoms with Gasteiger partial charge in [-0.3, -0.25) is 0 Å². The molecular formula is C8H7BrISi. The van der Waals surface area contributed by atoms with E-state index in [0.717, 1.165) is 12.5 Å². The van der Waals surface area contributed by atoms with Crippen LogP contribution in [0.15, 0.2) is 22.7 Å². The van der Waals surface area contributed by atoms with Crippen LogP contribution in [-0.2, 0) is 6.42 Å². The molecule has 1 aromatic carbocycles. The minimum atomic E-state index is 1.03. The van der Waals surface area contributed by atoms with Gasteiger partial charge in [-0.05, 0) is 62.6 Å². The highest BCUT2D eigenvalue weighted by molar-refractivity contribution is 14.1. The van der Waals surface area contributed by atoms with E-state index in [1.54, 1.807) is 0 Å². The van der Waals surface area contributed by atoms with Crippen molar-refractivity contribution in [2.24, 2.45) is 0 Å². The Morgan fingerprint density at radius 3 is 2.73 bits per heavy atom. The topological polar surface area (TPSA) is 0 Å². The Kier molecular flexibility index (Phi) is 4.09. The molecule has 1 aromatic rings. The van der Waals surface area contributed by atoms with Crippen LogP contribution >= 0.6 is 38.5 Å². The molecule has 0 saturated heterocycles. The predicted molar refractivity (Wildman–Crippen MR) is 61.1 cm³/mol. The fraction of sp³-hybridized carbons (Fsp3) is 0.250. The molecule has 3 radical (unpaired) electrons. The summed E-state index contributed by atoms with van der Waals surface area (Å²) in [4.78, 5) is 0. The molecule has 0 unspecified atom stereocenters. The molecule has 0 aliphatic heterocycles. The molecule has 3 heteroatoms. The highest BCUT2D eigenvalue weighted by Gasteiger charge is 1.96. The average molecular weight is 338 g/mol. The Morgan fingerprint density at radius 2 is 2.18 bits per heavy atom. The van der Waals surface area contributed by atoms with E-state index in [-0.39, 0.29) is 0 Å². The average Bonchev–Trinajstić information content (AvgIpc) is 1.98. The summed E-state index contributed by atoms with van der Waals surface area (Å²) in [7, 11) is 3.46. The van der Waals surface area contributed by atoms with Crippen molar-refractivity contribution in [3.63, 3.8) is 0 Å². The first-order valence-electron chi connectivity index (χ1n) is 3.32. The van der Waals surface area contributed by atoms with E-state index in [4.69, 9.17) is 0 Å². The van der Waals surface area contributed by atoms with E-state index >= 15 is 0 Å². The van der Waals surface area contributed by atoms with Crippen molar-refractivity contribution < 1.29 is 0 Å². The summed E-state index contributed by atoms with van der Waals surface area (Å²) >= 11 is 5.79. The molecule has 0 aromatic heterocycles. The monoisotopic (exact) mass is 337 g/mol. The zero-order valence-electron chi connectivity index (χ0n) is 5.90. The first-order chi connectivity index (χ1) is 5.24. The smallest absolute Gasteiger partial charge is 0.0309 e. The van der Waals surface area contributed by atoms with Crippen LogP contribution in [0.25, 0.3) is 0 Å². The highest BCUT2D eigenvalue weighted by Crippen LogP contribution is 2.20. The summed E-state index contributed by atoms with van der Waals surface area (Å²) in [6, 6.07) is 7.47. The number of hydrogen-bond acceptors (Lipinski definition) is 0. The minimum Gasteiger partial charge on any atom is -0.0597 e.